The molecule has 2 nitrogen and oxygen atoms in total. The van der Waals surface area contributed by atoms with E-state index in [1.54, 1.807) is 0 Å². The molecule has 0 saturated heterocycles. The minimum Gasteiger partial charge on any atom is -0.285 e. The maximum absolute atomic E-state index is 13.9. The summed E-state index contributed by atoms with van der Waals surface area (Å²) in [6.45, 7) is 15.8. The van der Waals surface area contributed by atoms with Gasteiger partial charge in [-0.3, -0.25) is 9.13 Å². The Morgan fingerprint density at radius 2 is 1.08 bits per heavy atom. The third-order valence-electron chi connectivity index (χ3n) is 6.09. The first kappa shape index (κ1) is 25.4. The molecule has 0 aliphatic carbocycles. The predicted octanol–water partition coefficient (Wildman–Crippen LogP) is 6.81. The number of fused-ring (bicyclic) bond motifs is 1. The van der Waals surface area contributed by atoms with Gasteiger partial charge in [0.2, 0.25) is 0 Å². The molecule has 36 heavy (non-hydrogen) atoms. The molecule has 0 unspecified atom stereocenters. The van der Waals surface area contributed by atoms with Gasteiger partial charge in [0.25, 0.3) is 5.56 Å². The molecular formula is C33H32NOP. The minimum absolute atomic E-state index is 0.0259. The van der Waals surface area contributed by atoms with Gasteiger partial charge in [-0.05, 0) is 89.7 Å². The molecule has 1 heterocycles. The lowest BCUT2D eigenvalue weighted by molar-refractivity contribution is 1.15. The lowest BCUT2D eigenvalue weighted by Gasteiger charge is -2.24. The van der Waals surface area contributed by atoms with E-state index >= 15 is 0 Å². The van der Waals surface area contributed by atoms with Crippen molar-refractivity contribution in [2.24, 2.45) is 0 Å². The van der Waals surface area contributed by atoms with Gasteiger partial charge < -0.3 is 0 Å². The molecule has 0 saturated carbocycles. The standard InChI is InChI=1S/C33H32NOP/c1-5-11-25-19-26(12-6-2)22-30(21-25)36(31-23-27(13-7-3)20-28(24-31)14-8-4)34-18-17-29-15-9-10-16-32(29)33(34)35/h5-10,15-24H,1-4,11-14H2. The Hall–Kier alpha value is -3.74. The van der Waals surface area contributed by atoms with Crippen molar-refractivity contribution in [3.05, 3.63) is 156 Å². The van der Waals surface area contributed by atoms with Crippen molar-refractivity contribution in [3.8, 4) is 0 Å². The molecule has 1 aromatic heterocycles. The van der Waals surface area contributed by atoms with Crippen molar-refractivity contribution in [2.75, 3.05) is 0 Å². The van der Waals surface area contributed by atoms with Crippen LogP contribution in [-0.2, 0) is 25.7 Å². The number of rotatable bonds is 11. The predicted molar refractivity (Wildman–Crippen MR) is 158 cm³/mol. The van der Waals surface area contributed by atoms with Crippen molar-refractivity contribution in [2.45, 2.75) is 25.7 Å². The molecule has 3 aromatic carbocycles. The van der Waals surface area contributed by atoms with Gasteiger partial charge in [0, 0.05) is 22.2 Å². The highest BCUT2D eigenvalue weighted by Crippen LogP contribution is 2.36. The number of benzene rings is 3. The van der Waals surface area contributed by atoms with Crippen molar-refractivity contribution < 1.29 is 0 Å². The minimum atomic E-state index is -1.18. The summed E-state index contributed by atoms with van der Waals surface area (Å²) >= 11 is 0. The molecule has 0 radical (unpaired) electrons. The molecule has 0 spiro atoms. The summed E-state index contributed by atoms with van der Waals surface area (Å²) in [5.41, 5.74) is 4.78. The number of aromatic nitrogens is 1. The molecule has 4 aromatic rings. The molecule has 180 valence electrons. The van der Waals surface area contributed by atoms with E-state index in [4.69, 9.17) is 0 Å². The summed E-state index contributed by atoms with van der Waals surface area (Å²) in [5, 5.41) is 3.96. The first-order valence-corrected chi connectivity index (χ1v) is 13.5. The van der Waals surface area contributed by atoms with E-state index < -0.39 is 8.07 Å². The van der Waals surface area contributed by atoms with Gasteiger partial charge >= 0.3 is 0 Å². The third-order valence-corrected chi connectivity index (χ3v) is 8.33. The zero-order valence-corrected chi connectivity index (χ0v) is 21.6. The average Bonchev–Trinajstić information content (AvgIpc) is 2.86. The molecule has 0 aliphatic rings. The summed E-state index contributed by atoms with van der Waals surface area (Å²) in [7, 11) is -1.18. The fourth-order valence-electron chi connectivity index (χ4n) is 4.60. The van der Waals surface area contributed by atoms with Gasteiger partial charge in [0.05, 0.1) is 8.07 Å². The van der Waals surface area contributed by atoms with Gasteiger partial charge in [0.15, 0.2) is 0 Å². The maximum atomic E-state index is 13.9. The first-order chi connectivity index (χ1) is 17.6. The van der Waals surface area contributed by atoms with Crippen LogP contribution in [0.1, 0.15) is 22.3 Å². The zero-order chi connectivity index (χ0) is 25.5. The quantitative estimate of drug-likeness (QED) is 0.168. The summed E-state index contributed by atoms with van der Waals surface area (Å²) in [5.74, 6) is 0. The highest BCUT2D eigenvalue weighted by molar-refractivity contribution is 7.71. The summed E-state index contributed by atoms with van der Waals surface area (Å²) in [6.07, 6.45) is 12.7. The van der Waals surface area contributed by atoms with E-state index in [-0.39, 0.29) is 5.56 Å². The van der Waals surface area contributed by atoms with Crippen molar-refractivity contribution >= 4 is 29.5 Å². The molecule has 0 N–H and O–H groups in total. The Bertz CT molecular complexity index is 1370. The van der Waals surface area contributed by atoms with Crippen LogP contribution in [0, 0.1) is 0 Å². The number of hydrogen-bond donors (Lipinski definition) is 0. The van der Waals surface area contributed by atoms with Crippen LogP contribution < -0.4 is 16.2 Å². The second-order valence-electron chi connectivity index (χ2n) is 8.85. The zero-order valence-electron chi connectivity index (χ0n) is 20.7. The maximum Gasteiger partial charge on any atom is 0.262 e. The second kappa shape index (κ2) is 11.8. The van der Waals surface area contributed by atoms with Crippen LogP contribution >= 0.6 is 8.07 Å². The Morgan fingerprint density at radius 3 is 1.53 bits per heavy atom. The topological polar surface area (TPSA) is 22.0 Å². The second-order valence-corrected chi connectivity index (χ2v) is 10.9. The van der Waals surface area contributed by atoms with Crippen LogP contribution in [0.4, 0.5) is 0 Å². The molecule has 0 fully saturated rings. The molecule has 4 rings (SSSR count). The van der Waals surface area contributed by atoms with Crippen molar-refractivity contribution in [3.63, 3.8) is 0 Å². The van der Waals surface area contributed by atoms with E-state index in [0.717, 1.165) is 47.1 Å². The van der Waals surface area contributed by atoms with Crippen LogP contribution in [0.15, 0.2) is 128 Å². The molecular weight excluding hydrogens is 457 g/mol. The van der Waals surface area contributed by atoms with Gasteiger partial charge in [-0.25, -0.2) is 0 Å². The SMILES string of the molecule is C=CCc1cc(CC=C)cc(P(c2cc(CC=C)cc(CC=C)c2)n2ccc3ccccc3c2=O)c1. The third kappa shape index (κ3) is 5.56. The highest BCUT2D eigenvalue weighted by Gasteiger charge is 2.21. The number of allylic oxidation sites excluding steroid dienone is 4. The van der Waals surface area contributed by atoms with Gasteiger partial charge in [-0.2, -0.15) is 0 Å². The van der Waals surface area contributed by atoms with Crippen LogP contribution in [0.25, 0.3) is 10.8 Å². The van der Waals surface area contributed by atoms with E-state index in [1.807, 2.05) is 65.2 Å². The average molecular weight is 490 g/mol. The van der Waals surface area contributed by atoms with Crippen LogP contribution in [-0.4, -0.2) is 4.34 Å². The normalized spacial score (nSPS) is 10.9. The van der Waals surface area contributed by atoms with E-state index in [1.165, 1.54) is 22.3 Å². The largest absolute Gasteiger partial charge is 0.285 e. The fourth-order valence-corrected chi connectivity index (χ4v) is 7.04. The molecule has 0 bridgehead atoms. The van der Waals surface area contributed by atoms with E-state index in [2.05, 4.69) is 62.7 Å². The summed E-state index contributed by atoms with van der Waals surface area (Å²) < 4.78 is 1.94. The highest BCUT2D eigenvalue weighted by atomic mass is 31.1. The van der Waals surface area contributed by atoms with E-state index in [0.29, 0.717) is 0 Å². The Balaban J connectivity index is 2.03. The van der Waals surface area contributed by atoms with Gasteiger partial charge in [-0.1, -0.05) is 54.6 Å². The number of hydrogen-bond acceptors (Lipinski definition) is 1. The lowest BCUT2D eigenvalue weighted by atomic mass is 10.1. The Morgan fingerprint density at radius 1 is 0.639 bits per heavy atom. The first-order valence-electron chi connectivity index (χ1n) is 12.2. The van der Waals surface area contributed by atoms with Crippen molar-refractivity contribution in [1.82, 2.24) is 4.34 Å². The molecule has 0 aliphatic heterocycles. The monoisotopic (exact) mass is 489 g/mol. The van der Waals surface area contributed by atoms with Gasteiger partial charge in [0.1, 0.15) is 0 Å². The molecule has 0 amide bonds. The Kier molecular flexibility index (Phi) is 8.31. The summed E-state index contributed by atoms with van der Waals surface area (Å²) in [4.78, 5) is 13.9. The smallest absolute Gasteiger partial charge is 0.262 e. The number of nitrogens with zero attached hydrogens (tertiary/aromatic N) is 1. The fraction of sp³-hybridized carbons (Fsp3) is 0.121. The number of pyridine rings is 1. The van der Waals surface area contributed by atoms with Gasteiger partial charge in [-0.15, -0.1) is 26.3 Å². The van der Waals surface area contributed by atoms with Crippen LogP contribution in [0.5, 0.6) is 0 Å². The lowest BCUT2D eigenvalue weighted by Crippen LogP contribution is -2.27. The van der Waals surface area contributed by atoms with Crippen LogP contribution in [0.3, 0.4) is 0 Å². The molecule has 3 heteroatoms. The van der Waals surface area contributed by atoms with E-state index in [9.17, 15) is 4.79 Å². The van der Waals surface area contributed by atoms with Crippen LogP contribution in [0.2, 0.25) is 0 Å². The Labute approximate surface area is 215 Å². The van der Waals surface area contributed by atoms with Crippen molar-refractivity contribution in [1.29, 1.82) is 0 Å². The molecule has 0 atom stereocenters. The summed E-state index contributed by atoms with van der Waals surface area (Å²) in [6, 6.07) is 23.2.